The SMILES string of the molecule is [Be+2].[Be+2].[Cs+].[F-].[F-].[O-]B([O-])[O-]. The second kappa shape index (κ2) is 31.9. The summed E-state index contributed by atoms with van der Waals surface area (Å²) in [5.41, 5.74) is 0. The summed E-state index contributed by atoms with van der Waals surface area (Å²) in [7, 11) is -2.92. The van der Waals surface area contributed by atoms with E-state index in [4.69, 9.17) is 15.1 Å². The van der Waals surface area contributed by atoms with Crippen molar-refractivity contribution in [3.8, 4) is 0 Å². The summed E-state index contributed by atoms with van der Waals surface area (Å²) in [5, 5.41) is 25.2. The molecule has 0 radical (unpaired) electrons. The molecular formula is BBe2CsF2O3. The number of hydrogen-bond donors (Lipinski definition) is 0. The molecule has 0 saturated carbocycles. The summed E-state index contributed by atoms with van der Waals surface area (Å²) in [6, 6.07) is 0. The molecule has 9 heavy (non-hydrogen) atoms. The van der Waals surface area contributed by atoms with Crippen LogP contribution in [-0.2, 0) is 0 Å². The Bertz CT molecular complexity index is 24.5. The molecule has 0 aromatic heterocycles. The Labute approximate surface area is 118 Å². The van der Waals surface area contributed by atoms with Gasteiger partial charge in [-0.2, -0.15) is 0 Å². The Morgan fingerprint density at radius 1 is 0.778 bits per heavy atom. The Kier molecular flexibility index (Phi) is 153. The van der Waals surface area contributed by atoms with Gasteiger partial charge in [0, 0.05) is 0 Å². The van der Waals surface area contributed by atoms with Gasteiger partial charge in [-0.25, -0.2) is 0 Å². The Morgan fingerprint density at radius 2 is 0.778 bits per heavy atom. The standard InChI is InChI=1S/BO3.2Be.Cs.2FH/c2-1(3)4;;;;;/h;;;;2*1H/q-3;2*+2;+1;;/p-2. The van der Waals surface area contributed by atoms with Crippen molar-refractivity contribution in [3.63, 3.8) is 0 Å². The molecule has 0 aliphatic heterocycles. The van der Waals surface area contributed by atoms with E-state index in [0.29, 0.717) is 0 Å². The molecule has 0 bridgehead atoms. The largest absolute Gasteiger partial charge is 2.00 e. The van der Waals surface area contributed by atoms with Gasteiger partial charge in [-0.1, -0.05) is 0 Å². The molecule has 0 N–H and O–H groups in total. The van der Waals surface area contributed by atoms with Gasteiger partial charge in [0.2, 0.25) is 0 Å². The summed E-state index contributed by atoms with van der Waals surface area (Å²) in [6.45, 7) is 0. The molecule has 0 unspecified atom stereocenters. The first-order chi connectivity index (χ1) is 1.73. The van der Waals surface area contributed by atoms with E-state index in [1.54, 1.807) is 0 Å². The minimum Gasteiger partial charge on any atom is -1.00 e. The summed E-state index contributed by atoms with van der Waals surface area (Å²) >= 11 is 0. The van der Waals surface area contributed by atoms with Crippen LogP contribution in [0.2, 0.25) is 0 Å². The van der Waals surface area contributed by atoms with Crippen molar-refractivity contribution in [2.24, 2.45) is 0 Å². The van der Waals surface area contributed by atoms with Crippen LogP contribution in [0.5, 0.6) is 0 Å². The first-order valence-corrected chi connectivity index (χ1v) is 0.707. The van der Waals surface area contributed by atoms with E-state index in [1.807, 2.05) is 0 Å². The van der Waals surface area contributed by atoms with E-state index in [9.17, 15) is 0 Å². The van der Waals surface area contributed by atoms with Gasteiger partial charge in [-0.05, 0) is 0 Å². The van der Waals surface area contributed by atoms with Gasteiger partial charge in [0.15, 0.2) is 0 Å². The molecule has 40 valence electrons. The fourth-order valence-electron chi connectivity index (χ4n) is 0. The van der Waals surface area contributed by atoms with Crippen LogP contribution in [0.4, 0.5) is 0 Å². The molecule has 0 fully saturated rings. The Balaban J connectivity index is -0.00000000450. The maximum Gasteiger partial charge on any atom is 2.00 e. The zero-order valence-corrected chi connectivity index (χ0v) is 11.3. The second-order valence-corrected chi connectivity index (χ2v) is 0.289. The molecule has 9 heteroatoms. The monoisotopic (exact) mass is 248 g/mol. The molecule has 0 rings (SSSR count). The van der Waals surface area contributed by atoms with Crippen molar-refractivity contribution in [1.29, 1.82) is 0 Å². The molecule has 0 heterocycles. The van der Waals surface area contributed by atoms with Crippen LogP contribution >= 0.6 is 0 Å². The molecule has 0 aromatic rings. The molecule has 0 aliphatic rings. The first-order valence-electron chi connectivity index (χ1n) is 0.707. The van der Waals surface area contributed by atoms with E-state index in [-0.39, 0.29) is 98.5 Å². The zero-order chi connectivity index (χ0) is 3.58. The maximum atomic E-state index is 8.42. The van der Waals surface area contributed by atoms with Crippen LogP contribution < -0.4 is 93.4 Å². The normalized spacial score (nSPS) is 3.00. The first kappa shape index (κ1) is 43.1. The van der Waals surface area contributed by atoms with Crippen molar-refractivity contribution >= 4 is 27.6 Å². The fourth-order valence-corrected chi connectivity index (χ4v) is 0. The molecule has 3 nitrogen and oxygen atoms in total. The van der Waals surface area contributed by atoms with E-state index in [1.165, 1.54) is 0 Å². The van der Waals surface area contributed by atoms with Crippen LogP contribution in [0.15, 0.2) is 0 Å². The maximum absolute atomic E-state index is 8.42. The minimum atomic E-state index is -2.92. The zero-order valence-electron chi connectivity index (χ0n) is 4.97. The Hall–Kier alpha value is 2.19. The van der Waals surface area contributed by atoms with Crippen LogP contribution in [0, 0.1) is 0 Å². The average molecular weight is 248 g/mol. The van der Waals surface area contributed by atoms with E-state index in [0.717, 1.165) is 0 Å². The predicted molar refractivity (Wildman–Crippen MR) is 17.3 cm³/mol. The van der Waals surface area contributed by atoms with Gasteiger partial charge in [0.05, 0.1) is 0 Å². The molecule has 0 spiro atoms. The molecule has 0 atom stereocenters. The fraction of sp³-hybridized carbons (Fsp3) is 0. The number of rotatable bonds is 0. The quantitative estimate of drug-likeness (QED) is 0.399. The van der Waals surface area contributed by atoms with Crippen LogP contribution in [-0.4, -0.2) is 27.6 Å². The van der Waals surface area contributed by atoms with Gasteiger partial charge < -0.3 is 24.5 Å². The van der Waals surface area contributed by atoms with E-state index >= 15 is 0 Å². The molecule has 0 aliphatic carbocycles. The van der Waals surface area contributed by atoms with E-state index < -0.39 is 7.32 Å². The molecule has 0 saturated heterocycles. The summed E-state index contributed by atoms with van der Waals surface area (Å²) in [6.07, 6.45) is 0. The second-order valence-electron chi connectivity index (χ2n) is 0.289. The van der Waals surface area contributed by atoms with E-state index in [2.05, 4.69) is 0 Å². The Morgan fingerprint density at radius 3 is 0.778 bits per heavy atom. The third kappa shape index (κ3) is 142. The smallest absolute Gasteiger partial charge is 1.00 e. The van der Waals surface area contributed by atoms with Gasteiger partial charge in [0.1, 0.15) is 0 Å². The molecule has 0 aromatic carbocycles. The molecule has 0 amide bonds. The van der Waals surface area contributed by atoms with Gasteiger partial charge in [-0.3, -0.25) is 7.32 Å². The van der Waals surface area contributed by atoms with Crippen molar-refractivity contribution in [2.45, 2.75) is 0 Å². The van der Waals surface area contributed by atoms with Crippen molar-refractivity contribution in [1.82, 2.24) is 0 Å². The summed E-state index contributed by atoms with van der Waals surface area (Å²) in [5.74, 6) is 0. The topological polar surface area (TPSA) is 69.2 Å². The minimum absolute atomic E-state index is 0. The third-order valence-electron chi connectivity index (χ3n) is 0. The van der Waals surface area contributed by atoms with Crippen LogP contribution in [0.3, 0.4) is 0 Å². The van der Waals surface area contributed by atoms with Crippen LogP contribution in [0.25, 0.3) is 0 Å². The molecular weight excluding hydrogens is 248 g/mol. The third-order valence-corrected chi connectivity index (χ3v) is 0. The number of halogens is 2. The van der Waals surface area contributed by atoms with Crippen molar-refractivity contribution in [2.75, 3.05) is 0 Å². The average Bonchev–Trinajstić information content (AvgIpc) is 0.811. The number of hydrogen-bond acceptors (Lipinski definition) is 3. The predicted octanol–water partition coefficient (Wildman–Crippen LogP) is -13.7. The van der Waals surface area contributed by atoms with Gasteiger partial charge in [-0.15, -0.1) is 0 Å². The van der Waals surface area contributed by atoms with Gasteiger partial charge in [0.25, 0.3) is 0 Å². The summed E-state index contributed by atoms with van der Waals surface area (Å²) in [4.78, 5) is 0. The van der Waals surface area contributed by atoms with Crippen LogP contribution in [0.1, 0.15) is 0 Å². The van der Waals surface area contributed by atoms with Crippen molar-refractivity contribution < 1.29 is 93.4 Å². The summed E-state index contributed by atoms with van der Waals surface area (Å²) < 4.78 is 0. The van der Waals surface area contributed by atoms with Gasteiger partial charge >= 0.3 is 89.1 Å². The van der Waals surface area contributed by atoms with Crippen molar-refractivity contribution in [3.05, 3.63) is 0 Å².